The molecule has 0 amide bonds. The van der Waals surface area contributed by atoms with Crippen molar-refractivity contribution < 1.29 is 4.74 Å². The Labute approximate surface area is 138 Å². The van der Waals surface area contributed by atoms with E-state index >= 15 is 0 Å². The maximum atomic E-state index is 5.88. The highest BCUT2D eigenvalue weighted by Crippen LogP contribution is 2.36. The molecule has 0 radical (unpaired) electrons. The molecule has 2 atom stereocenters. The van der Waals surface area contributed by atoms with Crippen LogP contribution in [0.1, 0.15) is 41.7 Å². The predicted octanol–water partition coefficient (Wildman–Crippen LogP) is 4.75. The van der Waals surface area contributed by atoms with Crippen LogP contribution in [0.2, 0.25) is 0 Å². The van der Waals surface area contributed by atoms with E-state index in [0.717, 1.165) is 19.6 Å². The Morgan fingerprint density at radius 2 is 2.41 bits per heavy atom. The minimum atomic E-state index is 0.181. The molecular weight excluding hydrogens is 290 g/mol. The van der Waals surface area contributed by atoms with E-state index in [9.17, 15) is 0 Å². The highest BCUT2D eigenvalue weighted by molar-refractivity contribution is 7.13. The third-order valence-corrected chi connectivity index (χ3v) is 5.35. The normalized spacial score (nSPS) is 20.1. The standard InChI is InChI=1S/C19H27NOS/c1-5-14(3)8-7-9-15(6-2)19-12-16-17(13-20-4)21-11-10-18(16)22-19/h6-9,12,14,17,20H,2,5,10-11,13H2,1,3-4H3. The summed E-state index contributed by atoms with van der Waals surface area (Å²) in [7, 11) is 1.97. The number of hydrogen-bond donors (Lipinski definition) is 1. The van der Waals surface area contributed by atoms with Gasteiger partial charge in [0.15, 0.2) is 0 Å². The average Bonchev–Trinajstić information content (AvgIpc) is 2.96. The van der Waals surface area contributed by atoms with Gasteiger partial charge in [0.25, 0.3) is 0 Å². The summed E-state index contributed by atoms with van der Waals surface area (Å²) in [6, 6.07) is 2.28. The molecule has 2 heterocycles. The van der Waals surface area contributed by atoms with Crippen LogP contribution < -0.4 is 5.32 Å². The molecule has 1 aliphatic heterocycles. The highest BCUT2D eigenvalue weighted by atomic mass is 32.1. The smallest absolute Gasteiger partial charge is 0.0960 e. The van der Waals surface area contributed by atoms with Crippen molar-refractivity contribution >= 4 is 16.9 Å². The Bertz CT molecular complexity index is 556. The molecule has 2 unspecified atom stereocenters. The first kappa shape index (κ1) is 17.2. The van der Waals surface area contributed by atoms with Crippen molar-refractivity contribution in [2.45, 2.75) is 32.8 Å². The number of hydrogen-bond acceptors (Lipinski definition) is 3. The van der Waals surface area contributed by atoms with Gasteiger partial charge in [-0.25, -0.2) is 0 Å². The van der Waals surface area contributed by atoms with Crippen molar-refractivity contribution in [2.24, 2.45) is 5.92 Å². The minimum Gasteiger partial charge on any atom is -0.372 e. The van der Waals surface area contributed by atoms with Gasteiger partial charge in [0, 0.05) is 22.7 Å². The van der Waals surface area contributed by atoms with E-state index in [1.165, 1.54) is 27.3 Å². The van der Waals surface area contributed by atoms with Gasteiger partial charge >= 0.3 is 0 Å². The molecule has 1 N–H and O–H groups in total. The first-order valence-electron chi connectivity index (χ1n) is 8.09. The van der Waals surface area contributed by atoms with Gasteiger partial charge in [-0.15, -0.1) is 11.3 Å². The van der Waals surface area contributed by atoms with E-state index in [1.54, 1.807) is 0 Å². The SMILES string of the molecule is C=CC(=CC=CC(C)CC)c1cc2c(s1)CCOC2CNC. The summed E-state index contributed by atoms with van der Waals surface area (Å²) in [5, 5.41) is 3.22. The van der Waals surface area contributed by atoms with E-state index in [2.05, 4.69) is 50.0 Å². The van der Waals surface area contributed by atoms with Crippen LogP contribution in [0.4, 0.5) is 0 Å². The van der Waals surface area contributed by atoms with Crippen LogP contribution in [0.5, 0.6) is 0 Å². The zero-order chi connectivity index (χ0) is 15.9. The van der Waals surface area contributed by atoms with E-state index in [1.807, 2.05) is 24.5 Å². The topological polar surface area (TPSA) is 21.3 Å². The highest BCUT2D eigenvalue weighted by Gasteiger charge is 2.23. The van der Waals surface area contributed by atoms with Crippen LogP contribution in [0.15, 0.2) is 36.9 Å². The summed E-state index contributed by atoms with van der Waals surface area (Å²) in [4.78, 5) is 2.75. The molecule has 1 aliphatic rings. The monoisotopic (exact) mass is 317 g/mol. The van der Waals surface area contributed by atoms with Crippen molar-refractivity contribution in [3.63, 3.8) is 0 Å². The largest absolute Gasteiger partial charge is 0.372 e. The van der Waals surface area contributed by atoms with Crippen LogP contribution in [0.3, 0.4) is 0 Å². The van der Waals surface area contributed by atoms with Gasteiger partial charge in [0.05, 0.1) is 12.7 Å². The number of likely N-dealkylation sites (N-methyl/N-ethyl adjacent to an activating group) is 1. The van der Waals surface area contributed by atoms with Gasteiger partial charge in [-0.1, -0.05) is 51.2 Å². The Kier molecular flexibility index (Phi) is 6.62. The van der Waals surface area contributed by atoms with Gasteiger partial charge in [0.2, 0.25) is 0 Å². The van der Waals surface area contributed by atoms with Crippen LogP contribution >= 0.6 is 11.3 Å². The molecule has 0 aliphatic carbocycles. The number of ether oxygens (including phenoxy) is 1. The summed E-state index contributed by atoms with van der Waals surface area (Å²) in [6.07, 6.45) is 10.9. The number of allylic oxidation sites excluding steroid dienone is 5. The van der Waals surface area contributed by atoms with Gasteiger partial charge in [-0.2, -0.15) is 0 Å². The van der Waals surface area contributed by atoms with E-state index in [-0.39, 0.29) is 6.10 Å². The molecule has 1 aromatic heterocycles. The molecular formula is C19H27NOS. The fraction of sp³-hybridized carbons (Fsp3) is 0.474. The van der Waals surface area contributed by atoms with Gasteiger partial charge < -0.3 is 10.1 Å². The van der Waals surface area contributed by atoms with Crippen LogP contribution in [0.25, 0.3) is 5.57 Å². The van der Waals surface area contributed by atoms with Gasteiger partial charge in [-0.05, 0) is 30.2 Å². The number of thiophene rings is 1. The number of nitrogens with one attached hydrogen (secondary N) is 1. The lowest BCUT2D eigenvalue weighted by Crippen LogP contribution is -2.24. The minimum absolute atomic E-state index is 0.181. The summed E-state index contributed by atoms with van der Waals surface area (Å²) < 4.78 is 5.88. The summed E-state index contributed by atoms with van der Waals surface area (Å²) in [5.41, 5.74) is 2.54. The van der Waals surface area contributed by atoms with Gasteiger partial charge in [-0.3, -0.25) is 0 Å². The second kappa shape index (κ2) is 8.47. The molecule has 120 valence electrons. The lowest BCUT2D eigenvalue weighted by atomic mass is 10.0. The molecule has 3 heteroatoms. The summed E-state index contributed by atoms with van der Waals surface area (Å²) in [5.74, 6) is 0.618. The molecule has 0 fully saturated rings. The van der Waals surface area contributed by atoms with Crippen molar-refractivity contribution in [1.29, 1.82) is 0 Å². The molecule has 0 aromatic carbocycles. The molecule has 0 bridgehead atoms. The second-order valence-electron chi connectivity index (χ2n) is 5.75. The first-order chi connectivity index (χ1) is 10.7. The third-order valence-electron chi connectivity index (χ3n) is 4.09. The first-order valence-corrected chi connectivity index (χ1v) is 8.91. The maximum absolute atomic E-state index is 5.88. The van der Waals surface area contributed by atoms with Crippen LogP contribution in [-0.2, 0) is 11.2 Å². The molecule has 1 aromatic rings. The Morgan fingerprint density at radius 1 is 1.59 bits per heavy atom. The fourth-order valence-electron chi connectivity index (χ4n) is 2.53. The zero-order valence-corrected chi connectivity index (χ0v) is 14.7. The Hall–Kier alpha value is -1.16. The average molecular weight is 317 g/mol. The van der Waals surface area contributed by atoms with Crippen LogP contribution in [0, 0.1) is 5.92 Å². The number of fused-ring (bicyclic) bond motifs is 1. The van der Waals surface area contributed by atoms with E-state index in [0.29, 0.717) is 5.92 Å². The Balaban J connectivity index is 2.22. The molecule has 2 rings (SSSR count). The van der Waals surface area contributed by atoms with Crippen molar-refractivity contribution in [2.75, 3.05) is 20.2 Å². The quantitative estimate of drug-likeness (QED) is 0.733. The zero-order valence-electron chi connectivity index (χ0n) is 13.9. The van der Waals surface area contributed by atoms with E-state index in [4.69, 9.17) is 4.74 Å². The molecule has 0 spiro atoms. The summed E-state index contributed by atoms with van der Waals surface area (Å²) in [6.45, 7) is 10.1. The molecule has 0 saturated carbocycles. The van der Waals surface area contributed by atoms with Crippen molar-refractivity contribution in [1.82, 2.24) is 5.32 Å². The van der Waals surface area contributed by atoms with Crippen molar-refractivity contribution in [3.8, 4) is 0 Å². The number of rotatable bonds is 7. The second-order valence-corrected chi connectivity index (χ2v) is 6.89. The molecule has 0 saturated heterocycles. The fourth-order valence-corrected chi connectivity index (χ4v) is 3.74. The molecule has 22 heavy (non-hydrogen) atoms. The summed E-state index contributed by atoms with van der Waals surface area (Å²) >= 11 is 1.88. The Morgan fingerprint density at radius 3 is 3.09 bits per heavy atom. The lowest BCUT2D eigenvalue weighted by Gasteiger charge is -2.22. The predicted molar refractivity (Wildman–Crippen MR) is 97.4 cm³/mol. The third kappa shape index (κ3) is 4.19. The maximum Gasteiger partial charge on any atom is 0.0960 e. The van der Waals surface area contributed by atoms with Crippen LogP contribution in [-0.4, -0.2) is 20.2 Å². The van der Waals surface area contributed by atoms with E-state index < -0.39 is 0 Å². The van der Waals surface area contributed by atoms with Gasteiger partial charge in [0.1, 0.15) is 0 Å². The lowest BCUT2D eigenvalue weighted by molar-refractivity contribution is 0.0451. The van der Waals surface area contributed by atoms with Crippen molar-refractivity contribution in [3.05, 3.63) is 52.3 Å². The molecule has 2 nitrogen and oxygen atoms in total.